The molecule has 1 aromatic heterocycles. The van der Waals surface area contributed by atoms with Crippen LogP contribution in [0.4, 0.5) is 0 Å². The van der Waals surface area contributed by atoms with Crippen LogP contribution in [0.3, 0.4) is 0 Å². The van der Waals surface area contributed by atoms with Gasteiger partial charge in [-0.2, -0.15) is 0 Å². The zero-order chi connectivity index (χ0) is 13.8. The van der Waals surface area contributed by atoms with Gasteiger partial charge in [-0.3, -0.25) is 0 Å². The number of rotatable bonds is 5. The molecule has 1 heterocycles. The van der Waals surface area contributed by atoms with Crippen molar-refractivity contribution in [2.75, 3.05) is 6.61 Å². The third-order valence-corrected chi connectivity index (χ3v) is 2.85. The Bertz CT molecular complexity index is 571. The van der Waals surface area contributed by atoms with Crippen LogP contribution in [0.25, 0.3) is 11.0 Å². The van der Waals surface area contributed by atoms with E-state index in [0.29, 0.717) is 18.8 Å². The molecule has 0 amide bonds. The van der Waals surface area contributed by atoms with E-state index >= 15 is 0 Å². The highest BCUT2D eigenvalue weighted by molar-refractivity contribution is 5.86. The number of ether oxygens (including phenoxy) is 2. The molecule has 1 aromatic carbocycles. The second-order valence-electron chi connectivity index (χ2n) is 4.22. The molecule has 1 atom stereocenters. The molecule has 4 nitrogen and oxygen atoms in total. The van der Waals surface area contributed by atoms with Crippen LogP contribution in [0, 0.1) is 0 Å². The van der Waals surface area contributed by atoms with Gasteiger partial charge in [-0.15, -0.1) is 0 Å². The Morgan fingerprint density at radius 2 is 2.05 bits per heavy atom. The Balaban J connectivity index is 2.30. The molecule has 2 rings (SSSR count). The average molecular weight is 262 g/mol. The fourth-order valence-electron chi connectivity index (χ4n) is 1.92. The summed E-state index contributed by atoms with van der Waals surface area (Å²) in [5, 5.41) is 0.885. The maximum absolute atomic E-state index is 11.6. The standard InChI is InChI=1S/C15H18O4/c1-4-12-14(18-10(3)15(16)17-5-2)11-8-6-7-9-13(11)19-12/h6-10H,4-5H2,1-3H3. The Labute approximate surface area is 112 Å². The molecule has 0 saturated carbocycles. The van der Waals surface area contributed by atoms with Crippen LogP contribution in [0.1, 0.15) is 26.5 Å². The summed E-state index contributed by atoms with van der Waals surface area (Å²) in [5.41, 5.74) is 0.769. The molecule has 1 unspecified atom stereocenters. The summed E-state index contributed by atoms with van der Waals surface area (Å²) in [5.74, 6) is 1.02. The fourth-order valence-corrected chi connectivity index (χ4v) is 1.92. The van der Waals surface area contributed by atoms with E-state index in [4.69, 9.17) is 13.9 Å². The van der Waals surface area contributed by atoms with E-state index in [9.17, 15) is 4.79 Å². The summed E-state index contributed by atoms with van der Waals surface area (Å²) < 4.78 is 16.4. The van der Waals surface area contributed by atoms with Crippen molar-refractivity contribution in [3.63, 3.8) is 0 Å². The number of esters is 1. The number of furan rings is 1. The summed E-state index contributed by atoms with van der Waals surface area (Å²) in [7, 11) is 0. The first kappa shape index (κ1) is 13.5. The van der Waals surface area contributed by atoms with Gasteiger partial charge >= 0.3 is 5.97 Å². The van der Waals surface area contributed by atoms with Crippen LogP contribution in [-0.2, 0) is 16.0 Å². The topological polar surface area (TPSA) is 48.7 Å². The summed E-state index contributed by atoms with van der Waals surface area (Å²) in [6.07, 6.45) is 0.0609. The molecule has 0 fully saturated rings. The van der Waals surface area contributed by atoms with Crippen molar-refractivity contribution in [2.24, 2.45) is 0 Å². The molecule has 4 heteroatoms. The second-order valence-corrected chi connectivity index (χ2v) is 4.22. The van der Waals surface area contributed by atoms with Crippen LogP contribution >= 0.6 is 0 Å². The Morgan fingerprint density at radius 3 is 2.74 bits per heavy atom. The number of carbonyl (C=O) groups is 1. The van der Waals surface area contributed by atoms with Gasteiger partial charge in [0.2, 0.25) is 0 Å². The van der Waals surface area contributed by atoms with Crippen LogP contribution in [0.5, 0.6) is 5.75 Å². The van der Waals surface area contributed by atoms with Gasteiger partial charge in [-0.25, -0.2) is 4.79 Å². The molecule has 102 valence electrons. The molecule has 2 aromatic rings. The van der Waals surface area contributed by atoms with Gasteiger partial charge in [0.1, 0.15) is 11.3 Å². The van der Waals surface area contributed by atoms with Crippen molar-refractivity contribution in [1.29, 1.82) is 0 Å². The van der Waals surface area contributed by atoms with E-state index in [1.807, 2.05) is 31.2 Å². The lowest BCUT2D eigenvalue weighted by Crippen LogP contribution is -2.26. The van der Waals surface area contributed by atoms with E-state index in [1.54, 1.807) is 13.8 Å². The highest BCUT2D eigenvalue weighted by Gasteiger charge is 2.21. The van der Waals surface area contributed by atoms with Crippen LogP contribution in [-0.4, -0.2) is 18.7 Å². The molecule has 0 aliphatic rings. The first-order valence-electron chi connectivity index (χ1n) is 6.51. The van der Waals surface area contributed by atoms with Crippen LogP contribution in [0.2, 0.25) is 0 Å². The highest BCUT2D eigenvalue weighted by Crippen LogP contribution is 2.34. The lowest BCUT2D eigenvalue weighted by Gasteiger charge is -2.13. The van der Waals surface area contributed by atoms with E-state index in [1.165, 1.54) is 0 Å². The van der Waals surface area contributed by atoms with Crippen molar-refractivity contribution >= 4 is 16.9 Å². The number of carbonyl (C=O) groups excluding carboxylic acids is 1. The number of para-hydroxylation sites is 1. The number of hydrogen-bond acceptors (Lipinski definition) is 4. The Hall–Kier alpha value is -1.97. The average Bonchev–Trinajstić information content (AvgIpc) is 2.77. The number of aryl methyl sites for hydroxylation is 1. The van der Waals surface area contributed by atoms with Crippen molar-refractivity contribution in [1.82, 2.24) is 0 Å². The molecule has 0 spiro atoms. The second kappa shape index (κ2) is 5.78. The maximum atomic E-state index is 11.6. The van der Waals surface area contributed by atoms with Crippen molar-refractivity contribution < 1.29 is 18.7 Å². The van der Waals surface area contributed by atoms with Gasteiger partial charge in [-0.1, -0.05) is 19.1 Å². The van der Waals surface area contributed by atoms with Gasteiger partial charge in [-0.05, 0) is 26.0 Å². The summed E-state index contributed by atoms with van der Waals surface area (Å²) >= 11 is 0. The third kappa shape index (κ3) is 2.72. The first-order chi connectivity index (χ1) is 9.17. The Kier molecular flexibility index (Phi) is 4.10. The third-order valence-electron chi connectivity index (χ3n) is 2.85. The quantitative estimate of drug-likeness (QED) is 0.775. The van der Waals surface area contributed by atoms with Crippen molar-refractivity contribution in [2.45, 2.75) is 33.3 Å². The first-order valence-corrected chi connectivity index (χ1v) is 6.51. The molecule has 0 saturated heterocycles. The van der Waals surface area contributed by atoms with Gasteiger partial charge in [0, 0.05) is 6.42 Å². The summed E-state index contributed by atoms with van der Waals surface area (Å²) in [6.45, 7) is 5.79. The molecular weight excluding hydrogens is 244 g/mol. The fraction of sp³-hybridized carbons (Fsp3) is 0.400. The molecule has 0 bridgehead atoms. The minimum absolute atomic E-state index is 0.347. The maximum Gasteiger partial charge on any atom is 0.347 e. The van der Waals surface area contributed by atoms with Crippen LogP contribution in [0.15, 0.2) is 28.7 Å². The van der Waals surface area contributed by atoms with Gasteiger partial charge < -0.3 is 13.9 Å². The van der Waals surface area contributed by atoms with E-state index in [-0.39, 0.29) is 5.97 Å². The lowest BCUT2D eigenvalue weighted by atomic mass is 10.2. The minimum Gasteiger partial charge on any atom is -0.475 e. The molecular formula is C15H18O4. The SMILES string of the molecule is CCOC(=O)C(C)Oc1c(CC)oc2ccccc12. The predicted molar refractivity (Wildman–Crippen MR) is 72.3 cm³/mol. The molecule has 0 aliphatic carbocycles. The van der Waals surface area contributed by atoms with Gasteiger partial charge in [0.25, 0.3) is 0 Å². The Morgan fingerprint density at radius 1 is 1.32 bits per heavy atom. The summed E-state index contributed by atoms with van der Waals surface area (Å²) in [6, 6.07) is 7.63. The van der Waals surface area contributed by atoms with E-state index in [0.717, 1.165) is 16.7 Å². The molecule has 0 N–H and O–H groups in total. The molecule has 0 radical (unpaired) electrons. The van der Waals surface area contributed by atoms with Crippen LogP contribution < -0.4 is 4.74 Å². The minimum atomic E-state index is -0.647. The van der Waals surface area contributed by atoms with Gasteiger partial charge in [0.15, 0.2) is 11.9 Å². The number of hydrogen-bond donors (Lipinski definition) is 0. The van der Waals surface area contributed by atoms with Crippen molar-refractivity contribution in [3.05, 3.63) is 30.0 Å². The van der Waals surface area contributed by atoms with Gasteiger partial charge in [0.05, 0.1) is 12.0 Å². The lowest BCUT2D eigenvalue weighted by molar-refractivity contribution is -0.150. The summed E-state index contributed by atoms with van der Waals surface area (Å²) in [4.78, 5) is 11.6. The van der Waals surface area contributed by atoms with Crippen molar-refractivity contribution in [3.8, 4) is 5.75 Å². The number of fused-ring (bicyclic) bond motifs is 1. The molecule has 19 heavy (non-hydrogen) atoms. The largest absolute Gasteiger partial charge is 0.475 e. The number of benzene rings is 1. The smallest absolute Gasteiger partial charge is 0.347 e. The molecule has 0 aliphatic heterocycles. The van der Waals surface area contributed by atoms with E-state index in [2.05, 4.69) is 0 Å². The van der Waals surface area contributed by atoms with E-state index < -0.39 is 6.10 Å². The zero-order valence-corrected chi connectivity index (χ0v) is 11.4. The predicted octanol–water partition coefficient (Wildman–Crippen LogP) is 3.33. The normalized spacial score (nSPS) is 12.4. The highest BCUT2D eigenvalue weighted by atomic mass is 16.6. The monoisotopic (exact) mass is 262 g/mol. The zero-order valence-electron chi connectivity index (χ0n) is 11.4.